The summed E-state index contributed by atoms with van der Waals surface area (Å²) in [6, 6.07) is 20.7. The molecule has 0 spiro atoms. The van der Waals surface area contributed by atoms with Crippen molar-refractivity contribution in [2.45, 2.75) is 6.54 Å². The van der Waals surface area contributed by atoms with E-state index in [1.54, 1.807) is 7.11 Å². The molecule has 0 aliphatic carbocycles. The molecule has 3 aromatic rings. The number of likely N-dealkylation sites (N-methyl/N-ethyl adjacent to an activating group) is 1. The van der Waals surface area contributed by atoms with Gasteiger partial charge in [0.15, 0.2) is 0 Å². The molecule has 158 valence electrons. The molecule has 1 heterocycles. The first-order valence-electron chi connectivity index (χ1n) is 10.7. The van der Waals surface area contributed by atoms with E-state index >= 15 is 0 Å². The van der Waals surface area contributed by atoms with Gasteiger partial charge in [0, 0.05) is 44.7 Å². The molecular formula is C25H31N3O2. The molecule has 0 aromatic heterocycles. The lowest BCUT2D eigenvalue weighted by Gasteiger charge is -2.32. The Morgan fingerprint density at radius 3 is 2.40 bits per heavy atom. The van der Waals surface area contributed by atoms with Crippen LogP contribution in [0, 0.1) is 0 Å². The molecule has 0 radical (unpaired) electrons. The van der Waals surface area contributed by atoms with Crippen LogP contribution in [0.2, 0.25) is 0 Å². The second-order valence-electron chi connectivity index (χ2n) is 7.82. The molecule has 30 heavy (non-hydrogen) atoms. The Labute approximate surface area is 179 Å². The lowest BCUT2D eigenvalue weighted by molar-refractivity contribution is 0.134. The predicted molar refractivity (Wildman–Crippen MR) is 124 cm³/mol. The summed E-state index contributed by atoms with van der Waals surface area (Å²) in [6.45, 7) is 6.89. The van der Waals surface area contributed by atoms with E-state index in [-0.39, 0.29) is 0 Å². The maximum Gasteiger partial charge on any atom is 0.142 e. The third-order valence-corrected chi connectivity index (χ3v) is 5.81. The molecular weight excluding hydrogens is 374 g/mol. The summed E-state index contributed by atoms with van der Waals surface area (Å²) in [6.07, 6.45) is 0. The summed E-state index contributed by atoms with van der Waals surface area (Å²) in [5, 5.41) is 5.91. The van der Waals surface area contributed by atoms with Crippen LogP contribution in [0.4, 0.5) is 5.69 Å². The van der Waals surface area contributed by atoms with Crippen LogP contribution in [-0.2, 0) is 6.54 Å². The van der Waals surface area contributed by atoms with Crippen LogP contribution >= 0.6 is 0 Å². The van der Waals surface area contributed by atoms with Crippen LogP contribution < -0.4 is 14.8 Å². The van der Waals surface area contributed by atoms with Gasteiger partial charge >= 0.3 is 0 Å². The summed E-state index contributed by atoms with van der Waals surface area (Å²) >= 11 is 0. The first-order valence-corrected chi connectivity index (χ1v) is 10.7. The number of hydrogen-bond donors (Lipinski definition) is 1. The fourth-order valence-electron chi connectivity index (χ4n) is 3.96. The number of ether oxygens (including phenoxy) is 2. The van der Waals surface area contributed by atoms with Crippen LogP contribution in [0.15, 0.2) is 60.7 Å². The molecule has 1 N–H and O–H groups in total. The highest BCUT2D eigenvalue weighted by molar-refractivity contribution is 5.91. The quantitative estimate of drug-likeness (QED) is 0.611. The van der Waals surface area contributed by atoms with Crippen LogP contribution in [0.5, 0.6) is 11.5 Å². The highest BCUT2D eigenvalue weighted by Crippen LogP contribution is 2.29. The fourth-order valence-corrected chi connectivity index (χ4v) is 3.96. The molecule has 0 atom stereocenters. The first-order chi connectivity index (χ1) is 14.7. The third kappa shape index (κ3) is 4.86. The summed E-state index contributed by atoms with van der Waals surface area (Å²) in [5.41, 5.74) is 2.26. The lowest BCUT2D eigenvalue weighted by atomic mass is 10.0. The average Bonchev–Trinajstić information content (AvgIpc) is 2.79. The van der Waals surface area contributed by atoms with Crippen molar-refractivity contribution < 1.29 is 9.47 Å². The highest BCUT2D eigenvalue weighted by Gasteiger charge is 2.13. The van der Waals surface area contributed by atoms with Crippen molar-refractivity contribution in [2.24, 2.45) is 0 Å². The molecule has 1 fully saturated rings. The monoisotopic (exact) mass is 405 g/mol. The minimum atomic E-state index is 0.702. The minimum Gasteiger partial charge on any atom is -0.496 e. The van der Waals surface area contributed by atoms with Gasteiger partial charge in [0.25, 0.3) is 0 Å². The molecule has 4 rings (SSSR count). The zero-order valence-corrected chi connectivity index (χ0v) is 17.9. The lowest BCUT2D eigenvalue weighted by Crippen LogP contribution is -2.45. The summed E-state index contributed by atoms with van der Waals surface area (Å²) in [5.74, 6) is 1.81. The summed E-state index contributed by atoms with van der Waals surface area (Å²) in [4.78, 5) is 4.85. The van der Waals surface area contributed by atoms with Crippen molar-refractivity contribution in [3.05, 3.63) is 66.2 Å². The van der Waals surface area contributed by atoms with E-state index in [1.807, 2.05) is 30.3 Å². The molecule has 5 heteroatoms. The van der Waals surface area contributed by atoms with Crippen molar-refractivity contribution in [1.29, 1.82) is 0 Å². The maximum atomic E-state index is 6.14. The maximum absolute atomic E-state index is 6.14. The van der Waals surface area contributed by atoms with Crippen LogP contribution in [-0.4, -0.2) is 63.3 Å². The molecule has 0 bridgehead atoms. The van der Waals surface area contributed by atoms with Crippen molar-refractivity contribution >= 4 is 16.5 Å². The number of nitrogens with one attached hydrogen (secondary N) is 1. The Kier molecular flexibility index (Phi) is 6.72. The van der Waals surface area contributed by atoms with Gasteiger partial charge in [-0.3, -0.25) is 4.90 Å². The summed E-state index contributed by atoms with van der Waals surface area (Å²) in [7, 11) is 3.90. The number of anilines is 1. The summed E-state index contributed by atoms with van der Waals surface area (Å²) < 4.78 is 11.7. The number of rotatable bonds is 8. The second-order valence-corrected chi connectivity index (χ2v) is 7.82. The molecule has 1 aliphatic heterocycles. The number of benzene rings is 3. The van der Waals surface area contributed by atoms with Gasteiger partial charge in [-0.05, 0) is 36.2 Å². The van der Waals surface area contributed by atoms with E-state index in [0.717, 1.165) is 61.8 Å². The van der Waals surface area contributed by atoms with Crippen LogP contribution in [0.1, 0.15) is 5.56 Å². The predicted octanol–water partition coefficient (Wildman–Crippen LogP) is 4.09. The van der Waals surface area contributed by atoms with E-state index in [1.165, 1.54) is 10.9 Å². The normalized spacial score (nSPS) is 15.3. The van der Waals surface area contributed by atoms with Gasteiger partial charge in [-0.1, -0.05) is 42.5 Å². The van der Waals surface area contributed by atoms with Crippen molar-refractivity contribution in [3.63, 3.8) is 0 Å². The Bertz CT molecular complexity index is 968. The fraction of sp³-hybridized carbons (Fsp3) is 0.360. The van der Waals surface area contributed by atoms with E-state index in [0.29, 0.717) is 6.61 Å². The molecule has 0 amide bonds. The smallest absolute Gasteiger partial charge is 0.142 e. The van der Waals surface area contributed by atoms with Crippen molar-refractivity contribution in [2.75, 3.05) is 58.8 Å². The topological polar surface area (TPSA) is 37.0 Å². The van der Waals surface area contributed by atoms with E-state index in [9.17, 15) is 0 Å². The van der Waals surface area contributed by atoms with Gasteiger partial charge in [-0.2, -0.15) is 0 Å². The van der Waals surface area contributed by atoms with Gasteiger partial charge in [0.05, 0.1) is 12.8 Å². The van der Waals surface area contributed by atoms with Crippen molar-refractivity contribution in [3.8, 4) is 11.5 Å². The average molecular weight is 406 g/mol. The minimum absolute atomic E-state index is 0.702. The van der Waals surface area contributed by atoms with Gasteiger partial charge in [-0.15, -0.1) is 0 Å². The Morgan fingerprint density at radius 1 is 0.833 bits per heavy atom. The van der Waals surface area contributed by atoms with Crippen LogP contribution in [0.25, 0.3) is 10.8 Å². The number of nitrogens with zero attached hydrogens (tertiary/aromatic N) is 2. The molecule has 3 aromatic carbocycles. The highest BCUT2D eigenvalue weighted by atomic mass is 16.5. The molecule has 5 nitrogen and oxygen atoms in total. The van der Waals surface area contributed by atoms with Crippen molar-refractivity contribution in [1.82, 2.24) is 9.80 Å². The Hall–Kier alpha value is -2.76. The molecule has 1 saturated heterocycles. The first kappa shape index (κ1) is 20.5. The Balaban J connectivity index is 1.39. The largest absolute Gasteiger partial charge is 0.496 e. The van der Waals surface area contributed by atoms with Gasteiger partial charge in [-0.25, -0.2) is 0 Å². The Morgan fingerprint density at radius 2 is 1.57 bits per heavy atom. The molecule has 0 unspecified atom stereocenters. The number of para-hydroxylation sites is 2. The number of methoxy groups -OCH3 is 1. The van der Waals surface area contributed by atoms with Gasteiger partial charge in [0.1, 0.15) is 18.1 Å². The standard InChI is InChI=1S/C25H31N3O2/c1-27-13-15-28(16-14-27)17-18-30-25-11-4-3-10-23(25)26-19-20-7-5-9-22-21(20)8-6-12-24(22)29-2/h3-12,26H,13-19H2,1-2H3. The van der Waals surface area contributed by atoms with Crippen LogP contribution in [0.3, 0.4) is 0 Å². The van der Waals surface area contributed by atoms with E-state index < -0.39 is 0 Å². The zero-order chi connectivity index (χ0) is 20.8. The van der Waals surface area contributed by atoms with E-state index in [4.69, 9.17) is 9.47 Å². The number of fused-ring (bicyclic) bond motifs is 1. The molecule has 0 saturated carbocycles. The zero-order valence-electron chi connectivity index (χ0n) is 17.9. The number of hydrogen-bond acceptors (Lipinski definition) is 5. The second kappa shape index (κ2) is 9.83. The SMILES string of the molecule is COc1cccc2c(CNc3ccccc3OCCN3CCN(C)CC3)cccc12. The van der Waals surface area contributed by atoms with Gasteiger partial charge in [0.2, 0.25) is 0 Å². The number of piperazine rings is 1. The van der Waals surface area contributed by atoms with E-state index in [2.05, 4.69) is 52.5 Å². The third-order valence-electron chi connectivity index (χ3n) is 5.81. The molecule has 1 aliphatic rings. The van der Waals surface area contributed by atoms with Gasteiger partial charge < -0.3 is 19.7 Å².